The molecule has 0 aliphatic rings. The normalized spacial score (nSPS) is 10.7. The maximum atomic E-state index is 10.9. The fourth-order valence-corrected chi connectivity index (χ4v) is 2.49. The van der Waals surface area contributed by atoms with Gasteiger partial charge in [0.2, 0.25) is 0 Å². The van der Waals surface area contributed by atoms with Gasteiger partial charge in [-0.25, -0.2) is 4.79 Å². The Balaban J connectivity index is 2.53. The summed E-state index contributed by atoms with van der Waals surface area (Å²) in [6.07, 6.45) is 2.09. The van der Waals surface area contributed by atoms with E-state index in [1.807, 2.05) is 4.90 Å². The number of hydrogen-bond donors (Lipinski definition) is 0. The van der Waals surface area contributed by atoms with Crippen molar-refractivity contribution < 1.29 is 38.2 Å². The second-order valence-electron chi connectivity index (χ2n) is 6.45. The number of hydrogen-bond acceptors (Lipinski definition) is 10. The summed E-state index contributed by atoms with van der Waals surface area (Å²) in [5.74, 6) is -0.0850. The lowest BCUT2D eigenvalue weighted by atomic mass is 10.2. The molecule has 0 unspecified atom stereocenters. The van der Waals surface area contributed by atoms with E-state index in [-0.39, 0.29) is 25.2 Å². The van der Waals surface area contributed by atoms with Crippen LogP contribution in [0, 0.1) is 0 Å². The molecule has 10 nitrogen and oxygen atoms in total. The Kier molecular flexibility index (Phi) is 12.3. The minimum absolute atomic E-state index is 0.264. The molecule has 0 aliphatic carbocycles. The number of oxime groups is 1. The summed E-state index contributed by atoms with van der Waals surface area (Å²) >= 11 is 0. The van der Waals surface area contributed by atoms with Gasteiger partial charge in [0.15, 0.2) is 11.5 Å². The SMILES string of the molecule is COc1cc(/C=N/OC(C)=O)ccc1OCCCN(CCOC(C)=O)CCOC(C)=O. The standard InChI is InChI=1S/C21H30N2O8/c1-16(24)28-12-9-23(10-13-29-17(2)25)8-5-11-30-20-7-6-19(14-21(20)27-4)15-22-31-18(3)26/h6-7,14-15H,5,8-13H2,1-4H3/b22-15+. The molecule has 0 heterocycles. The second kappa shape index (κ2) is 14.8. The first kappa shape index (κ1) is 25.9. The lowest BCUT2D eigenvalue weighted by molar-refractivity contribution is -0.142. The Morgan fingerprint density at radius 1 is 0.903 bits per heavy atom. The predicted octanol–water partition coefficient (Wildman–Crippen LogP) is 1.79. The van der Waals surface area contributed by atoms with E-state index < -0.39 is 5.97 Å². The van der Waals surface area contributed by atoms with Gasteiger partial charge >= 0.3 is 17.9 Å². The first-order chi connectivity index (χ1) is 14.8. The van der Waals surface area contributed by atoms with Crippen LogP contribution in [0.1, 0.15) is 32.8 Å². The van der Waals surface area contributed by atoms with Crippen LogP contribution in [0.3, 0.4) is 0 Å². The predicted molar refractivity (Wildman–Crippen MR) is 112 cm³/mol. The Hall–Kier alpha value is -3.14. The zero-order valence-electron chi connectivity index (χ0n) is 18.4. The van der Waals surface area contributed by atoms with Crippen molar-refractivity contribution in [3.05, 3.63) is 23.8 Å². The second-order valence-corrected chi connectivity index (χ2v) is 6.45. The van der Waals surface area contributed by atoms with Crippen molar-refractivity contribution in [2.24, 2.45) is 5.16 Å². The van der Waals surface area contributed by atoms with E-state index in [9.17, 15) is 14.4 Å². The van der Waals surface area contributed by atoms with Gasteiger partial charge in [-0.1, -0.05) is 5.16 Å². The van der Waals surface area contributed by atoms with Crippen LogP contribution in [-0.2, 0) is 28.7 Å². The van der Waals surface area contributed by atoms with E-state index in [0.717, 1.165) is 0 Å². The van der Waals surface area contributed by atoms with Crippen molar-refractivity contribution in [3.8, 4) is 11.5 Å². The summed E-state index contributed by atoms with van der Waals surface area (Å²) in [6, 6.07) is 5.22. The summed E-state index contributed by atoms with van der Waals surface area (Å²) in [7, 11) is 1.53. The van der Waals surface area contributed by atoms with Crippen molar-refractivity contribution in [1.82, 2.24) is 4.90 Å². The molecule has 0 saturated heterocycles. The molecule has 1 rings (SSSR count). The quantitative estimate of drug-likeness (QED) is 0.141. The Morgan fingerprint density at radius 2 is 1.55 bits per heavy atom. The highest BCUT2D eigenvalue weighted by Crippen LogP contribution is 2.27. The molecule has 0 N–H and O–H groups in total. The third-order valence-corrected chi connectivity index (χ3v) is 3.87. The number of benzene rings is 1. The molecule has 31 heavy (non-hydrogen) atoms. The van der Waals surface area contributed by atoms with E-state index in [1.165, 1.54) is 34.1 Å². The third-order valence-electron chi connectivity index (χ3n) is 3.87. The highest BCUT2D eigenvalue weighted by molar-refractivity contribution is 5.81. The van der Waals surface area contributed by atoms with Crippen LogP contribution in [0.2, 0.25) is 0 Å². The number of rotatable bonds is 14. The summed E-state index contributed by atoms with van der Waals surface area (Å²) in [4.78, 5) is 39.2. The van der Waals surface area contributed by atoms with Crippen molar-refractivity contribution in [2.75, 3.05) is 46.6 Å². The monoisotopic (exact) mass is 438 g/mol. The lowest BCUT2D eigenvalue weighted by Crippen LogP contribution is -2.33. The molecule has 172 valence electrons. The van der Waals surface area contributed by atoms with Gasteiger partial charge in [-0.3, -0.25) is 14.5 Å². The number of ether oxygens (including phenoxy) is 4. The van der Waals surface area contributed by atoms with Gasteiger partial charge in [0.1, 0.15) is 13.2 Å². The van der Waals surface area contributed by atoms with Gasteiger partial charge < -0.3 is 23.8 Å². The van der Waals surface area contributed by atoms with Crippen LogP contribution in [-0.4, -0.2) is 75.6 Å². The number of carbonyl (C=O) groups is 3. The van der Waals surface area contributed by atoms with Crippen LogP contribution in [0.25, 0.3) is 0 Å². The van der Waals surface area contributed by atoms with Crippen molar-refractivity contribution in [3.63, 3.8) is 0 Å². The van der Waals surface area contributed by atoms with Crippen molar-refractivity contribution in [1.29, 1.82) is 0 Å². The smallest absolute Gasteiger partial charge is 0.331 e. The van der Waals surface area contributed by atoms with E-state index in [0.29, 0.717) is 49.7 Å². The highest BCUT2D eigenvalue weighted by Gasteiger charge is 2.09. The van der Waals surface area contributed by atoms with Crippen LogP contribution in [0.4, 0.5) is 0 Å². The van der Waals surface area contributed by atoms with E-state index in [2.05, 4.69) is 9.99 Å². The average Bonchev–Trinajstić information content (AvgIpc) is 2.70. The van der Waals surface area contributed by atoms with E-state index in [1.54, 1.807) is 18.2 Å². The topological polar surface area (TPSA) is 113 Å². The molecule has 0 aromatic heterocycles. The van der Waals surface area contributed by atoms with Crippen molar-refractivity contribution in [2.45, 2.75) is 27.2 Å². The lowest BCUT2D eigenvalue weighted by Gasteiger charge is -2.22. The zero-order chi connectivity index (χ0) is 23.1. The van der Waals surface area contributed by atoms with E-state index >= 15 is 0 Å². The molecular formula is C21H30N2O8. The molecule has 0 bridgehead atoms. The maximum Gasteiger partial charge on any atom is 0.331 e. The third kappa shape index (κ3) is 12.2. The van der Waals surface area contributed by atoms with Gasteiger partial charge in [0.05, 0.1) is 19.9 Å². The summed E-state index contributed by atoms with van der Waals surface area (Å²) in [5, 5.41) is 3.57. The Bertz CT molecular complexity index is 731. The molecular weight excluding hydrogens is 408 g/mol. The van der Waals surface area contributed by atoms with Crippen molar-refractivity contribution >= 4 is 24.1 Å². The van der Waals surface area contributed by atoms with Crippen LogP contribution in [0.5, 0.6) is 11.5 Å². The molecule has 0 fully saturated rings. The molecule has 0 spiro atoms. The molecule has 0 amide bonds. The van der Waals surface area contributed by atoms with Gasteiger partial charge in [0, 0.05) is 46.0 Å². The van der Waals surface area contributed by atoms with Crippen LogP contribution >= 0.6 is 0 Å². The van der Waals surface area contributed by atoms with Crippen LogP contribution in [0.15, 0.2) is 23.4 Å². The number of esters is 2. The van der Waals surface area contributed by atoms with Crippen LogP contribution < -0.4 is 9.47 Å². The van der Waals surface area contributed by atoms with Gasteiger partial charge in [-0.15, -0.1) is 0 Å². The summed E-state index contributed by atoms with van der Waals surface area (Å²) in [5.41, 5.74) is 0.688. The fourth-order valence-electron chi connectivity index (χ4n) is 2.49. The molecule has 10 heteroatoms. The minimum atomic E-state index is -0.502. The first-order valence-corrected chi connectivity index (χ1v) is 9.82. The molecule has 0 radical (unpaired) electrons. The van der Waals surface area contributed by atoms with Gasteiger partial charge in [-0.05, 0) is 24.6 Å². The molecule has 1 aromatic rings. The largest absolute Gasteiger partial charge is 0.493 e. The minimum Gasteiger partial charge on any atom is -0.493 e. The Morgan fingerprint density at radius 3 is 2.10 bits per heavy atom. The van der Waals surface area contributed by atoms with E-state index in [4.69, 9.17) is 18.9 Å². The number of nitrogens with zero attached hydrogens (tertiary/aromatic N) is 2. The highest BCUT2D eigenvalue weighted by atomic mass is 16.7. The first-order valence-electron chi connectivity index (χ1n) is 9.82. The fraction of sp³-hybridized carbons (Fsp3) is 0.524. The molecule has 0 aliphatic heterocycles. The molecule has 1 aromatic carbocycles. The van der Waals surface area contributed by atoms with Gasteiger partial charge in [-0.2, -0.15) is 0 Å². The number of carbonyl (C=O) groups excluding carboxylic acids is 3. The maximum absolute atomic E-state index is 10.9. The molecule has 0 atom stereocenters. The molecule has 0 saturated carbocycles. The Labute approximate surface area is 182 Å². The van der Waals surface area contributed by atoms with Gasteiger partial charge in [0.25, 0.3) is 0 Å². The average molecular weight is 438 g/mol. The summed E-state index contributed by atoms with van der Waals surface area (Å²) < 4.78 is 21.1. The number of methoxy groups -OCH3 is 1. The summed E-state index contributed by atoms with van der Waals surface area (Å²) in [6.45, 7) is 6.66. The zero-order valence-corrected chi connectivity index (χ0v) is 18.4.